The van der Waals surface area contributed by atoms with Crippen LogP contribution in [-0.4, -0.2) is 17.9 Å². The van der Waals surface area contributed by atoms with E-state index in [1.807, 2.05) is 6.92 Å². The number of nitrogens with zero attached hydrogens (tertiary/aromatic N) is 1. The van der Waals surface area contributed by atoms with Gasteiger partial charge < -0.3 is 15.1 Å². The second-order valence-corrected chi connectivity index (χ2v) is 4.17. The normalized spacial score (nSPS) is 10.3. The van der Waals surface area contributed by atoms with E-state index in [4.69, 9.17) is 4.42 Å². The van der Waals surface area contributed by atoms with Crippen LogP contribution in [0.3, 0.4) is 0 Å². The van der Waals surface area contributed by atoms with Gasteiger partial charge in [0.1, 0.15) is 11.6 Å². The Morgan fingerprint density at radius 3 is 2.90 bits per heavy atom. The molecule has 0 aliphatic rings. The average Bonchev–Trinajstić information content (AvgIpc) is 2.92. The number of aromatic nitrogens is 1. The van der Waals surface area contributed by atoms with Crippen LogP contribution in [0.25, 0.3) is 0 Å². The van der Waals surface area contributed by atoms with Gasteiger partial charge in [-0.25, -0.2) is 9.37 Å². The van der Waals surface area contributed by atoms with Crippen molar-refractivity contribution in [1.82, 2.24) is 10.3 Å². The number of halogens is 1. The predicted octanol–water partition coefficient (Wildman–Crippen LogP) is 2.35. The third-order valence-electron chi connectivity index (χ3n) is 2.86. The fourth-order valence-corrected chi connectivity index (χ4v) is 1.81. The smallest absolute Gasteiger partial charge is 0.253 e. The van der Waals surface area contributed by atoms with Crippen LogP contribution in [0.5, 0.6) is 0 Å². The number of hydrogen-bond donors (Lipinski definition) is 2. The highest BCUT2D eigenvalue weighted by atomic mass is 19.1. The van der Waals surface area contributed by atoms with E-state index in [1.165, 1.54) is 12.1 Å². The summed E-state index contributed by atoms with van der Waals surface area (Å²) < 4.78 is 18.9. The van der Waals surface area contributed by atoms with Crippen molar-refractivity contribution in [2.75, 3.05) is 12.4 Å². The molecular formula is C14H16FN3O2. The molecule has 2 aromatic rings. The number of nitrogens with one attached hydrogen (secondary N) is 2. The first-order valence-corrected chi connectivity index (χ1v) is 6.33. The highest BCUT2D eigenvalue weighted by Gasteiger charge is 2.14. The Hall–Kier alpha value is -2.37. The maximum Gasteiger partial charge on any atom is 0.253 e. The minimum Gasteiger partial charge on any atom is -0.444 e. The molecular weight excluding hydrogens is 261 g/mol. The van der Waals surface area contributed by atoms with Gasteiger partial charge in [-0.05, 0) is 12.1 Å². The molecule has 2 N–H and O–H groups in total. The third kappa shape index (κ3) is 2.96. The topological polar surface area (TPSA) is 67.2 Å². The summed E-state index contributed by atoms with van der Waals surface area (Å²) in [6, 6.07) is 4.34. The van der Waals surface area contributed by atoms with Gasteiger partial charge in [-0.3, -0.25) is 4.79 Å². The van der Waals surface area contributed by atoms with Crippen molar-refractivity contribution in [3.63, 3.8) is 0 Å². The van der Waals surface area contributed by atoms with Crippen LogP contribution < -0.4 is 10.6 Å². The number of hydrogen-bond acceptors (Lipinski definition) is 4. The zero-order valence-electron chi connectivity index (χ0n) is 11.4. The Kier molecular flexibility index (Phi) is 4.34. The Balaban J connectivity index is 2.07. The zero-order chi connectivity index (χ0) is 14.5. The molecule has 0 saturated heterocycles. The molecule has 20 heavy (non-hydrogen) atoms. The van der Waals surface area contributed by atoms with Crippen LogP contribution in [0, 0.1) is 5.82 Å². The lowest BCUT2D eigenvalue weighted by molar-refractivity contribution is 0.0947. The minimum atomic E-state index is -0.468. The quantitative estimate of drug-likeness (QED) is 0.880. The molecule has 0 bridgehead atoms. The van der Waals surface area contributed by atoms with Crippen LogP contribution >= 0.6 is 0 Å². The van der Waals surface area contributed by atoms with E-state index in [2.05, 4.69) is 15.6 Å². The summed E-state index contributed by atoms with van der Waals surface area (Å²) in [7, 11) is 1.57. The number of carbonyl (C=O) groups excluding carboxylic acids is 1. The van der Waals surface area contributed by atoms with Gasteiger partial charge in [-0.1, -0.05) is 13.0 Å². The lowest BCUT2D eigenvalue weighted by Crippen LogP contribution is -2.24. The van der Waals surface area contributed by atoms with Crippen LogP contribution in [0.1, 0.15) is 28.9 Å². The first-order valence-electron chi connectivity index (χ1n) is 6.33. The van der Waals surface area contributed by atoms with Gasteiger partial charge in [-0.2, -0.15) is 0 Å². The molecule has 0 unspecified atom stereocenters. The van der Waals surface area contributed by atoms with Crippen LogP contribution in [0.15, 0.2) is 28.8 Å². The third-order valence-corrected chi connectivity index (χ3v) is 2.86. The molecule has 1 heterocycles. The van der Waals surface area contributed by atoms with E-state index in [-0.39, 0.29) is 23.7 Å². The Labute approximate surface area is 116 Å². The molecule has 0 aliphatic carbocycles. The molecule has 1 aromatic heterocycles. The number of anilines is 1. The maximum absolute atomic E-state index is 13.5. The van der Waals surface area contributed by atoms with Crippen molar-refractivity contribution < 1.29 is 13.6 Å². The summed E-state index contributed by atoms with van der Waals surface area (Å²) in [5.41, 5.74) is 0.418. The summed E-state index contributed by atoms with van der Waals surface area (Å²) in [5.74, 6) is 0.336. The molecule has 0 aliphatic heterocycles. The Morgan fingerprint density at radius 2 is 2.25 bits per heavy atom. The van der Waals surface area contributed by atoms with Crippen molar-refractivity contribution >= 4 is 11.6 Å². The number of para-hydroxylation sites is 1. The summed E-state index contributed by atoms with van der Waals surface area (Å²) in [6.45, 7) is 2.12. The highest BCUT2D eigenvalue weighted by Crippen LogP contribution is 2.19. The van der Waals surface area contributed by atoms with E-state index >= 15 is 0 Å². The molecule has 0 atom stereocenters. The molecule has 1 amide bonds. The van der Waals surface area contributed by atoms with E-state index in [1.54, 1.807) is 19.3 Å². The molecule has 6 heteroatoms. The van der Waals surface area contributed by atoms with Gasteiger partial charge in [0.25, 0.3) is 5.91 Å². The van der Waals surface area contributed by atoms with E-state index in [9.17, 15) is 9.18 Å². The van der Waals surface area contributed by atoms with Crippen molar-refractivity contribution in [3.05, 3.63) is 47.4 Å². The lowest BCUT2D eigenvalue weighted by atomic mass is 10.1. The number of oxazole rings is 1. The molecule has 0 saturated carbocycles. The fraction of sp³-hybridized carbons (Fsp3) is 0.286. The van der Waals surface area contributed by atoms with E-state index in [0.717, 1.165) is 12.2 Å². The van der Waals surface area contributed by atoms with Crippen molar-refractivity contribution in [3.8, 4) is 0 Å². The van der Waals surface area contributed by atoms with Crippen molar-refractivity contribution in [2.45, 2.75) is 19.9 Å². The van der Waals surface area contributed by atoms with E-state index < -0.39 is 5.82 Å². The molecule has 5 nitrogen and oxygen atoms in total. The second kappa shape index (κ2) is 6.18. The largest absolute Gasteiger partial charge is 0.444 e. The number of benzene rings is 1. The molecule has 1 aromatic carbocycles. The number of amides is 1. The van der Waals surface area contributed by atoms with Crippen LogP contribution in [-0.2, 0) is 13.0 Å². The predicted molar refractivity (Wildman–Crippen MR) is 73.0 cm³/mol. The average molecular weight is 277 g/mol. The highest BCUT2D eigenvalue weighted by molar-refractivity contribution is 5.99. The summed E-state index contributed by atoms with van der Waals surface area (Å²) in [4.78, 5) is 16.1. The Morgan fingerprint density at radius 1 is 1.45 bits per heavy atom. The molecule has 0 fully saturated rings. The first kappa shape index (κ1) is 14.0. The van der Waals surface area contributed by atoms with Crippen molar-refractivity contribution in [1.29, 1.82) is 0 Å². The molecule has 0 radical (unpaired) electrons. The van der Waals surface area contributed by atoms with Crippen LogP contribution in [0.2, 0.25) is 0 Å². The van der Waals surface area contributed by atoms with E-state index in [0.29, 0.717) is 5.89 Å². The summed E-state index contributed by atoms with van der Waals surface area (Å²) in [6.07, 6.45) is 2.37. The first-order chi connectivity index (χ1) is 9.65. The van der Waals surface area contributed by atoms with Gasteiger partial charge in [0.15, 0.2) is 0 Å². The summed E-state index contributed by atoms with van der Waals surface area (Å²) in [5, 5.41) is 5.33. The SMILES string of the molecule is CCc1cnc(CNC(=O)c2cccc(F)c2NC)o1. The number of aryl methyl sites for hydroxylation is 1. The monoisotopic (exact) mass is 277 g/mol. The second-order valence-electron chi connectivity index (χ2n) is 4.17. The van der Waals surface area contributed by atoms with Crippen LogP contribution in [0.4, 0.5) is 10.1 Å². The van der Waals surface area contributed by atoms with Crippen molar-refractivity contribution in [2.24, 2.45) is 0 Å². The van der Waals surface area contributed by atoms with Gasteiger partial charge in [0.2, 0.25) is 5.89 Å². The molecule has 2 rings (SSSR count). The van der Waals surface area contributed by atoms with Gasteiger partial charge in [-0.15, -0.1) is 0 Å². The zero-order valence-corrected chi connectivity index (χ0v) is 11.4. The Bertz CT molecular complexity index is 610. The standard InChI is InChI=1S/C14H16FN3O2/c1-3-9-7-17-12(20-9)8-18-14(19)10-5-4-6-11(15)13(10)16-2/h4-7,16H,3,8H2,1-2H3,(H,18,19). The molecule has 0 spiro atoms. The van der Waals surface area contributed by atoms with Gasteiger partial charge in [0.05, 0.1) is 24.0 Å². The summed E-state index contributed by atoms with van der Waals surface area (Å²) >= 11 is 0. The fourth-order valence-electron chi connectivity index (χ4n) is 1.81. The minimum absolute atomic E-state index is 0.165. The molecule has 106 valence electrons. The maximum atomic E-state index is 13.5. The number of carbonyl (C=O) groups is 1. The van der Waals surface area contributed by atoms with Gasteiger partial charge in [0, 0.05) is 13.5 Å². The lowest BCUT2D eigenvalue weighted by Gasteiger charge is -2.09. The number of rotatable bonds is 5. The van der Waals surface area contributed by atoms with Gasteiger partial charge >= 0.3 is 0 Å².